The van der Waals surface area contributed by atoms with Gasteiger partial charge in [0.25, 0.3) is 0 Å². The summed E-state index contributed by atoms with van der Waals surface area (Å²) in [7, 11) is 1.85. The van der Waals surface area contributed by atoms with Crippen molar-refractivity contribution < 1.29 is 9.53 Å². The minimum atomic E-state index is -0.439. The molecular weight excluding hydrogens is 268 g/mol. The average Bonchev–Trinajstić information content (AvgIpc) is 2.68. The summed E-state index contributed by atoms with van der Waals surface area (Å²) in [5.74, 6) is 1.18. The SMILES string of the molecule is Cc1cc(NC(=O)C2NCCOc3ccccc32)nn1C. The summed E-state index contributed by atoms with van der Waals surface area (Å²) in [4.78, 5) is 12.5. The van der Waals surface area contributed by atoms with Gasteiger partial charge in [0.15, 0.2) is 5.82 Å². The molecular formula is C15H18N4O2. The highest BCUT2D eigenvalue weighted by atomic mass is 16.5. The van der Waals surface area contributed by atoms with Crippen LogP contribution in [0.3, 0.4) is 0 Å². The number of nitrogens with zero attached hydrogens (tertiary/aromatic N) is 2. The second-order valence-corrected chi connectivity index (χ2v) is 5.06. The van der Waals surface area contributed by atoms with E-state index in [4.69, 9.17) is 4.74 Å². The second-order valence-electron chi connectivity index (χ2n) is 5.06. The van der Waals surface area contributed by atoms with Crippen LogP contribution in [0.4, 0.5) is 5.82 Å². The molecule has 2 N–H and O–H groups in total. The number of carbonyl (C=O) groups excluding carboxylic acids is 1. The van der Waals surface area contributed by atoms with E-state index >= 15 is 0 Å². The van der Waals surface area contributed by atoms with Gasteiger partial charge in [0.1, 0.15) is 18.4 Å². The molecule has 1 atom stereocenters. The highest BCUT2D eigenvalue weighted by molar-refractivity contribution is 5.95. The molecule has 110 valence electrons. The van der Waals surface area contributed by atoms with E-state index in [1.807, 2.05) is 44.3 Å². The van der Waals surface area contributed by atoms with Crippen LogP contribution in [-0.4, -0.2) is 28.8 Å². The Balaban J connectivity index is 1.84. The zero-order valence-corrected chi connectivity index (χ0v) is 12.1. The van der Waals surface area contributed by atoms with Crippen LogP contribution >= 0.6 is 0 Å². The molecule has 0 spiro atoms. The van der Waals surface area contributed by atoms with Crippen LogP contribution in [0.5, 0.6) is 5.75 Å². The van der Waals surface area contributed by atoms with Crippen LogP contribution in [0, 0.1) is 6.92 Å². The van der Waals surface area contributed by atoms with Gasteiger partial charge >= 0.3 is 0 Å². The van der Waals surface area contributed by atoms with Crippen molar-refractivity contribution in [2.75, 3.05) is 18.5 Å². The van der Waals surface area contributed by atoms with E-state index in [1.165, 1.54) is 0 Å². The van der Waals surface area contributed by atoms with Crippen molar-refractivity contribution in [3.8, 4) is 5.75 Å². The van der Waals surface area contributed by atoms with Gasteiger partial charge in [-0.05, 0) is 13.0 Å². The monoisotopic (exact) mass is 286 g/mol. The van der Waals surface area contributed by atoms with Crippen molar-refractivity contribution in [1.82, 2.24) is 15.1 Å². The third-order valence-electron chi connectivity index (χ3n) is 3.57. The molecule has 0 saturated heterocycles. The first-order chi connectivity index (χ1) is 10.1. The fraction of sp³-hybridized carbons (Fsp3) is 0.333. The Kier molecular flexibility index (Phi) is 3.62. The lowest BCUT2D eigenvalue weighted by atomic mass is 10.1. The first-order valence-corrected chi connectivity index (χ1v) is 6.92. The molecule has 21 heavy (non-hydrogen) atoms. The van der Waals surface area contributed by atoms with Crippen molar-refractivity contribution in [3.05, 3.63) is 41.6 Å². The lowest BCUT2D eigenvalue weighted by Crippen LogP contribution is -2.33. The summed E-state index contributed by atoms with van der Waals surface area (Å²) >= 11 is 0. The van der Waals surface area contributed by atoms with E-state index in [0.717, 1.165) is 17.0 Å². The molecule has 1 unspecified atom stereocenters. The molecule has 1 amide bonds. The molecule has 1 aromatic heterocycles. The average molecular weight is 286 g/mol. The third-order valence-corrected chi connectivity index (χ3v) is 3.57. The minimum absolute atomic E-state index is 0.133. The zero-order chi connectivity index (χ0) is 14.8. The molecule has 2 heterocycles. The van der Waals surface area contributed by atoms with Gasteiger partial charge in [-0.1, -0.05) is 18.2 Å². The Morgan fingerprint density at radius 3 is 3.05 bits per heavy atom. The Hall–Kier alpha value is -2.34. The van der Waals surface area contributed by atoms with Crippen LogP contribution < -0.4 is 15.4 Å². The molecule has 6 nitrogen and oxygen atoms in total. The van der Waals surface area contributed by atoms with E-state index in [9.17, 15) is 4.79 Å². The normalized spacial score (nSPS) is 17.5. The third kappa shape index (κ3) is 2.75. The lowest BCUT2D eigenvalue weighted by molar-refractivity contribution is -0.118. The fourth-order valence-electron chi connectivity index (χ4n) is 2.38. The van der Waals surface area contributed by atoms with Crippen molar-refractivity contribution in [2.24, 2.45) is 7.05 Å². The van der Waals surface area contributed by atoms with E-state index < -0.39 is 6.04 Å². The number of benzene rings is 1. The van der Waals surface area contributed by atoms with Gasteiger partial charge in [0.05, 0.1) is 0 Å². The number of amides is 1. The van der Waals surface area contributed by atoms with Gasteiger partial charge in [-0.2, -0.15) is 5.10 Å². The number of aryl methyl sites for hydroxylation is 2. The second kappa shape index (κ2) is 5.57. The number of aromatic nitrogens is 2. The molecule has 1 aliphatic rings. The molecule has 0 aliphatic carbocycles. The van der Waals surface area contributed by atoms with Gasteiger partial charge in [-0.3, -0.25) is 14.8 Å². The van der Waals surface area contributed by atoms with Crippen molar-refractivity contribution >= 4 is 11.7 Å². The summed E-state index contributed by atoms with van der Waals surface area (Å²) in [5, 5.41) is 10.3. The van der Waals surface area contributed by atoms with Crippen LogP contribution in [0.1, 0.15) is 17.3 Å². The number of fused-ring (bicyclic) bond motifs is 1. The maximum atomic E-state index is 12.5. The molecule has 2 aromatic rings. The molecule has 1 aliphatic heterocycles. The largest absolute Gasteiger partial charge is 0.492 e. The van der Waals surface area contributed by atoms with Gasteiger partial charge < -0.3 is 10.1 Å². The number of hydrogen-bond acceptors (Lipinski definition) is 4. The highest BCUT2D eigenvalue weighted by Crippen LogP contribution is 2.27. The standard InChI is InChI=1S/C15H18N4O2/c1-10-9-13(18-19(10)2)17-15(20)14-11-5-3-4-6-12(11)21-8-7-16-14/h3-6,9,14,16H,7-8H2,1-2H3,(H,17,18,20). The Morgan fingerprint density at radius 1 is 1.48 bits per heavy atom. The lowest BCUT2D eigenvalue weighted by Gasteiger charge is -2.16. The summed E-state index contributed by atoms with van der Waals surface area (Å²) in [5.41, 5.74) is 1.84. The highest BCUT2D eigenvalue weighted by Gasteiger charge is 2.26. The molecule has 3 rings (SSSR count). The predicted octanol–water partition coefficient (Wildman–Crippen LogP) is 1.39. The van der Waals surface area contributed by atoms with E-state index in [1.54, 1.807) is 4.68 Å². The summed E-state index contributed by atoms with van der Waals surface area (Å²) in [6, 6.07) is 9.00. The minimum Gasteiger partial charge on any atom is -0.492 e. The van der Waals surface area contributed by atoms with Crippen LogP contribution in [0.25, 0.3) is 0 Å². The molecule has 0 fully saturated rings. The summed E-state index contributed by atoms with van der Waals surface area (Å²) in [6.07, 6.45) is 0. The molecule has 1 aromatic carbocycles. The number of nitrogens with one attached hydrogen (secondary N) is 2. The summed E-state index contributed by atoms with van der Waals surface area (Å²) < 4.78 is 7.37. The maximum absolute atomic E-state index is 12.5. The number of para-hydroxylation sites is 1. The first-order valence-electron chi connectivity index (χ1n) is 6.92. The van der Waals surface area contributed by atoms with Gasteiger partial charge in [0.2, 0.25) is 5.91 Å². The van der Waals surface area contributed by atoms with Crippen molar-refractivity contribution in [1.29, 1.82) is 0 Å². The first kappa shape index (κ1) is 13.6. The fourth-order valence-corrected chi connectivity index (χ4v) is 2.38. The molecule has 0 saturated carbocycles. The van der Waals surface area contributed by atoms with Crippen LogP contribution in [-0.2, 0) is 11.8 Å². The van der Waals surface area contributed by atoms with E-state index in [0.29, 0.717) is 19.0 Å². The number of anilines is 1. The van der Waals surface area contributed by atoms with Crippen LogP contribution in [0.15, 0.2) is 30.3 Å². The Labute approximate surface area is 123 Å². The van der Waals surface area contributed by atoms with Crippen LogP contribution in [0.2, 0.25) is 0 Å². The number of ether oxygens (including phenoxy) is 1. The van der Waals surface area contributed by atoms with Gasteiger partial charge in [0, 0.05) is 30.9 Å². The van der Waals surface area contributed by atoms with Crippen molar-refractivity contribution in [2.45, 2.75) is 13.0 Å². The number of rotatable bonds is 2. The van der Waals surface area contributed by atoms with E-state index in [-0.39, 0.29) is 5.91 Å². The smallest absolute Gasteiger partial charge is 0.247 e. The topological polar surface area (TPSA) is 68.2 Å². The number of carbonyl (C=O) groups is 1. The number of hydrogen-bond donors (Lipinski definition) is 2. The zero-order valence-electron chi connectivity index (χ0n) is 12.1. The summed E-state index contributed by atoms with van der Waals surface area (Å²) in [6.45, 7) is 3.10. The van der Waals surface area contributed by atoms with Crippen molar-refractivity contribution in [3.63, 3.8) is 0 Å². The molecule has 0 bridgehead atoms. The predicted molar refractivity (Wildman–Crippen MR) is 79.3 cm³/mol. The van der Waals surface area contributed by atoms with Gasteiger partial charge in [-0.15, -0.1) is 0 Å². The Morgan fingerprint density at radius 2 is 2.29 bits per heavy atom. The maximum Gasteiger partial charge on any atom is 0.247 e. The molecule has 6 heteroatoms. The molecule has 0 radical (unpaired) electrons. The Bertz CT molecular complexity index is 646. The van der Waals surface area contributed by atoms with E-state index in [2.05, 4.69) is 15.7 Å². The van der Waals surface area contributed by atoms with Gasteiger partial charge in [-0.25, -0.2) is 0 Å². The quantitative estimate of drug-likeness (QED) is 0.875.